The van der Waals surface area contributed by atoms with Gasteiger partial charge in [0, 0.05) is 19.0 Å². The van der Waals surface area contributed by atoms with Crippen LogP contribution in [0, 0.1) is 13.8 Å². The number of rotatable bonds is 4. The van der Waals surface area contributed by atoms with Gasteiger partial charge in [0.05, 0.1) is 11.8 Å². The van der Waals surface area contributed by atoms with Gasteiger partial charge in [-0.3, -0.25) is 4.79 Å². The van der Waals surface area contributed by atoms with Crippen molar-refractivity contribution in [1.82, 2.24) is 0 Å². The Labute approximate surface area is 111 Å². The first-order valence-corrected chi connectivity index (χ1v) is 6.70. The van der Waals surface area contributed by atoms with Gasteiger partial charge in [-0.2, -0.15) is 0 Å². The first kappa shape index (κ1) is 14.5. The normalized spacial score (nSPS) is 14.5. The number of nitrogens with zero attached hydrogens (tertiary/aromatic N) is 1. The van der Waals surface area contributed by atoms with Gasteiger partial charge in [0.25, 0.3) is 0 Å². The Bertz CT molecular complexity index is 386. The lowest BCUT2D eigenvalue weighted by molar-refractivity contribution is -0.120. The minimum absolute atomic E-state index is 0.134. The maximum Gasteiger partial charge on any atom is 0.247 e. The van der Waals surface area contributed by atoms with Crippen molar-refractivity contribution in [2.24, 2.45) is 0 Å². The standard InChI is InChI=1S/C12H18ClNO2S/c1-7-6-17-9(3)11(7)14(4)12(15)10(13)8(2)16-5/h6,8,10H,1-5H3. The summed E-state index contributed by atoms with van der Waals surface area (Å²) in [5, 5.41) is 1.38. The number of anilines is 1. The number of aryl methyl sites for hydroxylation is 2. The predicted octanol–water partition coefficient (Wildman–Crippen LogP) is 2.97. The molecule has 0 spiro atoms. The molecule has 1 aromatic heterocycles. The van der Waals surface area contributed by atoms with Gasteiger partial charge in [0.15, 0.2) is 0 Å². The average molecular weight is 276 g/mol. The minimum Gasteiger partial charge on any atom is -0.380 e. The molecule has 2 unspecified atom stereocenters. The third-order valence-electron chi connectivity index (χ3n) is 2.81. The molecule has 0 fully saturated rings. The lowest BCUT2D eigenvalue weighted by atomic mass is 10.2. The molecule has 0 aliphatic rings. The highest BCUT2D eigenvalue weighted by molar-refractivity contribution is 7.10. The van der Waals surface area contributed by atoms with Crippen molar-refractivity contribution in [3.63, 3.8) is 0 Å². The van der Waals surface area contributed by atoms with E-state index >= 15 is 0 Å². The number of methoxy groups -OCH3 is 1. The van der Waals surface area contributed by atoms with E-state index in [4.69, 9.17) is 16.3 Å². The Kier molecular flexibility index (Phi) is 4.98. The maximum absolute atomic E-state index is 12.2. The molecule has 1 amide bonds. The van der Waals surface area contributed by atoms with E-state index in [0.717, 1.165) is 16.1 Å². The Balaban J connectivity index is 2.91. The molecule has 0 aliphatic heterocycles. The third-order valence-corrected chi connectivity index (χ3v) is 4.37. The topological polar surface area (TPSA) is 29.5 Å². The summed E-state index contributed by atoms with van der Waals surface area (Å²) in [5.41, 5.74) is 2.05. The van der Waals surface area contributed by atoms with Crippen LogP contribution in [0.15, 0.2) is 5.38 Å². The molecular weight excluding hydrogens is 258 g/mol. The minimum atomic E-state index is -0.663. The maximum atomic E-state index is 12.2. The van der Waals surface area contributed by atoms with Crippen LogP contribution in [0.2, 0.25) is 0 Å². The molecule has 3 nitrogen and oxygen atoms in total. The SMILES string of the molecule is COC(C)C(Cl)C(=O)N(C)c1c(C)csc1C. The summed E-state index contributed by atoms with van der Waals surface area (Å²) < 4.78 is 5.08. The molecule has 0 aliphatic carbocycles. The van der Waals surface area contributed by atoms with Crippen LogP contribution in [0.25, 0.3) is 0 Å². The smallest absolute Gasteiger partial charge is 0.247 e. The van der Waals surface area contributed by atoms with Gasteiger partial charge in [0.2, 0.25) is 5.91 Å². The number of amides is 1. The Morgan fingerprint density at radius 3 is 2.53 bits per heavy atom. The van der Waals surface area contributed by atoms with Crippen LogP contribution in [-0.2, 0) is 9.53 Å². The number of halogens is 1. The van der Waals surface area contributed by atoms with Crippen LogP contribution < -0.4 is 4.90 Å². The lowest BCUT2D eigenvalue weighted by Gasteiger charge is -2.24. The van der Waals surface area contributed by atoms with Crippen LogP contribution in [0.5, 0.6) is 0 Å². The number of thiophene rings is 1. The fourth-order valence-electron chi connectivity index (χ4n) is 1.68. The summed E-state index contributed by atoms with van der Waals surface area (Å²) in [7, 11) is 3.30. The third kappa shape index (κ3) is 3.00. The second-order valence-electron chi connectivity index (χ2n) is 4.06. The van der Waals surface area contributed by atoms with Crippen LogP contribution in [0.1, 0.15) is 17.4 Å². The zero-order valence-electron chi connectivity index (χ0n) is 10.8. The molecule has 5 heteroatoms. The number of alkyl halides is 1. The molecule has 17 heavy (non-hydrogen) atoms. The molecular formula is C12H18ClNO2S. The van der Waals surface area contributed by atoms with Crippen molar-refractivity contribution in [3.05, 3.63) is 15.8 Å². The van der Waals surface area contributed by atoms with Gasteiger partial charge in [-0.15, -0.1) is 22.9 Å². The summed E-state index contributed by atoms with van der Waals surface area (Å²) in [6, 6.07) is 0. The van der Waals surface area contributed by atoms with Gasteiger partial charge in [0.1, 0.15) is 5.38 Å². The Morgan fingerprint density at radius 1 is 1.53 bits per heavy atom. The van der Waals surface area contributed by atoms with E-state index in [1.807, 2.05) is 19.2 Å². The molecule has 0 saturated carbocycles. The fraction of sp³-hybridized carbons (Fsp3) is 0.583. The van der Waals surface area contributed by atoms with Crippen LogP contribution in [0.4, 0.5) is 5.69 Å². The van der Waals surface area contributed by atoms with Gasteiger partial charge in [-0.05, 0) is 31.7 Å². The second-order valence-corrected chi connectivity index (χ2v) is 5.62. The van der Waals surface area contributed by atoms with E-state index in [-0.39, 0.29) is 12.0 Å². The first-order valence-electron chi connectivity index (χ1n) is 5.39. The average Bonchev–Trinajstić information content (AvgIpc) is 2.65. The highest BCUT2D eigenvalue weighted by Gasteiger charge is 2.27. The van der Waals surface area contributed by atoms with Crippen LogP contribution in [0.3, 0.4) is 0 Å². The molecule has 96 valence electrons. The summed E-state index contributed by atoms with van der Waals surface area (Å²) in [5.74, 6) is -0.134. The Morgan fingerprint density at radius 2 is 2.12 bits per heavy atom. The molecule has 0 radical (unpaired) electrons. The molecule has 0 bridgehead atoms. The fourth-order valence-corrected chi connectivity index (χ4v) is 2.81. The van der Waals surface area contributed by atoms with E-state index < -0.39 is 5.38 Å². The van der Waals surface area contributed by atoms with Crippen LogP contribution in [-0.4, -0.2) is 31.5 Å². The number of carbonyl (C=O) groups is 1. The number of hydrogen-bond acceptors (Lipinski definition) is 3. The second kappa shape index (κ2) is 5.85. The van der Waals surface area contributed by atoms with Gasteiger partial charge in [-0.25, -0.2) is 0 Å². The largest absolute Gasteiger partial charge is 0.380 e. The number of ether oxygens (including phenoxy) is 1. The first-order chi connectivity index (χ1) is 7.90. The van der Waals surface area contributed by atoms with Crippen LogP contribution >= 0.6 is 22.9 Å². The highest BCUT2D eigenvalue weighted by Crippen LogP contribution is 2.30. The number of hydrogen-bond donors (Lipinski definition) is 0. The van der Waals surface area contributed by atoms with E-state index in [1.54, 1.807) is 37.3 Å². The molecule has 1 rings (SSSR count). The van der Waals surface area contributed by atoms with Crippen molar-refractivity contribution < 1.29 is 9.53 Å². The van der Waals surface area contributed by atoms with Gasteiger partial charge >= 0.3 is 0 Å². The Hall–Kier alpha value is -0.580. The molecule has 0 aromatic carbocycles. The zero-order chi connectivity index (χ0) is 13.2. The predicted molar refractivity (Wildman–Crippen MR) is 73.3 cm³/mol. The molecule has 2 atom stereocenters. The number of carbonyl (C=O) groups excluding carboxylic acids is 1. The highest BCUT2D eigenvalue weighted by atomic mass is 35.5. The summed E-state index contributed by atoms with van der Waals surface area (Å²) in [4.78, 5) is 14.9. The summed E-state index contributed by atoms with van der Waals surface area (Å²) in [6.07, 6.45) is -0.300. The zero-order valence-corrected chi connectivity index (χ0v) is 12.4. The monoisotopic (exact) mass is 275 g/mol. The van der Waals surface area contributed by atoms with Crippen molar-refractivity contribution in [3.8, 4) is 0 Å². The van der Waals surface area contributed by atoms with Gasteiger partial charge in [-0.1, -0.05) is 0 Å². The lowest BCUT2D eigenvalue weighted by Crippen LogP contribution is -2.40. The molecule has 1 aromatic rings. The van der Waals surface area contributed by atoms with Crippen molar-refractivity contribution >= 4 is 34.5 Å². The molecule has 0 saturated heterocycles. The van der Waals surface area contributed by atoms with E-state index in [2.05, 4.69) is 0 Å². The van der Waals surface area contributed by atoms with E-state index in [0.29, 0.717) is 0 Å². The van der Waals surface area contributed by atoms with Crippen molar-refractivity contribution in [2.45, 2.75) is 32.3 Å². The molecule has 0 N–H and O–H groups in total. The van der Waals surface area contributed by atoms with Crippen molar-refractivity contribution in [1.29, 1.82) is 0 Å². The van der Waals surface area contributed by atoms with E-state index in [1.165, 1.54) is 0 Å². The van der Waals surface area contributed by atoms with E-state index in [9.17, 15) is 4.79 Å². The van der Waals surface area contributed by atoms with Gasteiger partial charge < -0.3 is 9.64 Å². The quantitative estimate of drug-likeness (QED) is 0.791. The summed E-state index contributed by atoms with van der Waals surface area (Å²) >= 11 is 7.72. The van der Waals surface area contributed by atoms with Crippen molar-refractivity contribution in [2.75, 3.05) is 19.1 Å². The summed E-state index contributed by atoms with van der Waals surface area (Å²) in [6.45, 7) is 5.78. The molecule has 1 heterocycles.